The Morgan fingerprint density at radius 2 is 1.77 bits per heavy atom. The highest BCUT2D eigenvalue weighted by molar-refractivity contribution is 5.81. The predicted octanol–water partition coefficient (Wildman–Crippen LogP) is 2.10. The molecule has 1 atom stereocenters. The zero-order chi connectivity index (χ0) is 10.6. The van der Waals surface area contributed by atoms with Gasteiger partial charge in [0, 0.05) is 6.04 Å². The molecule has 1 N–H and O–H groups in total. The number of hydrogen-bond acceptors (Lipinski definition) is 1. The Labute approximate surface area is 75.5 Å². The molecule has 13 heavy (non-hydrogen) atoms. The summed E-state index contributed by atoms with van der Waals surface area (Å²) in [6.07, 6.45) is -4.23. The minimum Gasteiger partial charge on any atom is -0.346 e. The molecule has 0 spiro atoms. The first kappa shape index (κ1) is 12.3. The molecule has 2 nitrogen and oxygen atoms in total. The van der Waals surface area contributed by atoms with Gasteiger partial charge in [0.25, 0.3) is 0 Å². The molecule has 0 radical (unpaired) electrons. The van der Waals surface area contributed by atoms with Gasteiger partial charge >= 0.3 is 12.1 Å². The molecule has 0 saturated heterocycles. The summed E-state index contributed by atoms with van der Waals surface area (Å²) >= 11 is 0. The lowest BCUT2D eigenvalue weighted by molar-refractivity contribution is -0.174. The van der Waals surface area contributed by atoms with Crippen molar-refractivity contribution >= 4 is 5.91 Å². The number of nitrogens with one attached hydrogen (secondary N) is 1. The Morgan fingerprint density at radius 1 is 1.31 bits per heavy atom. The summed E-state index contributed by atoms with van der Waals surface area (Å²) in [5.41, 5.74) is 0. The predicted molar refractivity (Wildman–Crippen MR) is 43.1 cm³/mol. The highest BCUT2D eigenvalue weighted by atomic mass is 19.4. The number of rotatable bonds is 3. The lowest BCUT2D eigenvalue weighted by Crippen LogP contribution is -2.42. The second kappa shape index (κ2) is 4.48. The van der Waals surface area contributed by atoms with Crippen molar-refractivity contribution in [3.63, 3.8) is 0 Å². The number of amides is 1. The molecule has 0 fully saturated rings. The van der Waals surface area contributed by atoms with Crippen LogP contribution in [0.2, 0.25) is 0 Å². The van der Waals surface area contributed by atoms with Gasteiger partial charge in [-0.2, -0.15) is 13.2 Å². The fourth-order valence-corrected chi connectivity index (χ4v) is 1.07. The normalized spacial score (nSPS) is 14.4. The van der Waals surface area contributed by atoms with E-state index in [1.807, 2.05) is 19.2 Å². The van der Waals surface area contributed by atoms with Gasteiger partial charge in [-0.3, -0.25) is 4.79 Å². The van der Waals surface area contributed by atoms with Crippen molar-refractivity contribution in [3.8, 4) is 0 Å². The van der Waals surface area contributed by atoms with E-state index in [4.69, 9.17) is 0 Å². The van der Waals surface area contributed by atoms with E-state index in [1.54, 1.807) is 6.92 Å². The van der Waals surface area contributed by atoms with Crippen LogP contribution >= 0.6 is 0 Å². The number of halogens is 3. The van der Waals surface area contributed by atoms with Crippen LogP contribution in [0.1, 0.15) is 27.2 Å². The number of alkyl halides is 3. The van der Waals surface area contributed by atoms with Gasteiger partial charge in [-0.15, -0.1) is 0 Å². The van der Waals surface area contributed by atoms with Crippen LogP contribution in [0.15, 0.2) is 0 Å². The minimum atomic E-state index is -4.77. The molecule has 0 bridgehead atoms. The van der Waals surface area contributed by atoms with E-state index >= 15 is 0 Å². The van der Waals surface area contributed by atoms with Gasteiger partial charge in [0.15, 0.2) is 0 Å². The van der Waals surface area contributed by atoms with Gasteiger partial charge in [-0.25, -0.2) is 0 Å². The molecule has 0 aliphatic carbocycles. The Kier molecular flexibility index (Phi) is 4.23. The van der Waals surface area contributed by atoms with Crippen LogP contribution in [0, 0.1) is 5.92 Å². The van der Waals surface area contributed by atoms with E-state index in [-0.39, 0.29) is 5.92 Å². The number of carbonyl (C=O) groups excluding carboxylic acids is 1. The molecule has 5 heteroatoms. The van der Waals surface area contributed by atoms with E-state index < -0.39 is 18.1 Å². The molecule has 1 amide bonds. The largest absolute Gasteiger partial charge is 0.471 e. The summed E-state index contributed by atoms with van der Waals surface area (Å²) < 4.78 is 35.2. The van der Waals surface area contributed by atoms with Crippen molar-refractivity contribution in [2.75, 3.05) is 0 Å². The van der Waals surface area contributed by atoms with E-state index in [9.17, 15) is 18.0 Å². The first-order valence-electron chi connectivity index (χ1n) is 4.11. The highest BCUT2D eigenvalue weighted by Crippen LogP contribution is 2.15. The van der Waals surface area contributed by atoms with Crippen LogP contribution in [0.5, 0.6) is 0 Å². The maximum absolute atomic E-state index is 11.7. The molecular weight excluding hydrogens is 183 g/mol. The second-order valence-corrected chi connectivity index (χ2v) is 3.50. The average Bonchev–Trinajstić information content (AvgIpc) is 1.82. The summed E-state index contributed by atoms with van der Waals surface area (Å²) in [7, 11) is 0. The zero-order valence-electron chi connectivity index (χ0n) is 7.90. The third-order valence-corrected chi connectivity index (χ3v) is 1.46. The first-order chi connectivity index (χ1) is 5.73. The van der Waals surface area contributed by atoms with Gasteiger partial charge in [-0.1, -0.05) is 13.8 Å². The van der Waals surface area contributed by atoms with E-state index in [0.29, 0.717) is 6.42 Å². The van der Waals surface area contributed by atoms with Crippen LogP contribution < -0.4 is 5.32 Å². The minimum absolute atomic E-state index is 0.267. The summed E-state index contributed by atoms with van der Waals surface area (Å²) in [4.78, 5) is 10.4. The smallest absolute Gasteiger partial charge is 0.346 e. The van der Waals surface area contributed by atoms with Crippen molar-refractivity contribution in [2.24, 2.45) is 5.92 Å². The number of carbonyl (C=O) groups is 1. The summed E-state index contributed by atoms with van der Waals surface area (Å²) in [5, 5.41) is 1.89. The fraction of sp³-hybridized carbons (Fsp3) is 0.875. The fourth-order valence-electron chi connectivity index (χ4n) is 1.07. The van der Waals surface area contributed by atoms with Crippen LogP contribution in [0.3, 0.4) is 0 Å². The summed E-state index contributed by atoms with van der Waals surface area (Å²) in [5.74, 6) is -1.59. The van der Waals surface area contributed by atoms with Gasteiger partial charge in [0.2, 0.25) is 0 Å². The van der Waals surface area contributed by atoms with Crippen LogP contribution in [0.4, 0.5) is 13.2 Å². The third kappa shape index (κ3) is 5.49. The molecular formula is C8H14F3NO. The molecule has 0 aliphatic heterocycles. The summed E-state index contributed by atoms with van der Waals surface area (Å²) in [6.45, 7) is 5.33. The summed E-state index contributed by atoms with van der Waals surface area (Å²) in [6, 6.07) is -0.436. The molecule has 0 aromatic carbocycles. The molecule has 0 aliphatic rings. The van der Waals surface area contributed by atoms with Crippen molar-refractivity contribution in [3.05, 3.63) is 0 Å². The second-order valence-electron chi connectivity index (χ2n) is 3.50. The van der Waals surface area contributed by atoms with Crippen LogP contribution in [0.25, 0.3) is 0 Å². The first-order valence-corrected chi connectivity index (χ1v) is 4.11. The molecule has 0 aromatic rings. The standard InChI is InChI=1S/C8H14F3NO/c1-5(2)4-6(3)12-7(13)8(9,10)11/h5-6H,4H2,1-3H3,(H,12,13)/t6-/m0/s1. The van der Waals surface area contributed by atoms with E-state index in [0.717, 1.165) is 0 Å². The number of hydrogen-bond donors (Lipinski definition) is 1. The third-order valence-electron chi connectivity index (χ3n) is 1.46. The highest BCUT2D eigenvalue weighted by Gasteiger charge is 2.39. The molecule has 78 valence electrons. The topological polar surface area (TPSA) is 29.1 Å². The van der Waals surface area contributed by atoms with Gasteiger partial charge in [0.05, 0.1) is 0 Å². The monoisotopic (exact) mass is 197 g/mol. The Balaban J connectivity index is 3.93. The molecule has 0 rings (SSSR count). The van der Waals surface area contributed by atoms with E-state index in [1.165, 1.54) is 0 Å². The van der Waals surface area contributed by atoms with Crippen molar-refractivity contribution < 1.29 is 18.0 Å². The van der Waals surface area contributed by atoms with Crippen LogP contribution in [-0.2, 0) is 4.79 Å². The SMILES string of the molecule is CC(C)C[C@H](C)NC(=O)C(F)(F)F. The molecule has 0 aromatic heterocycles. The lowest BCUT2D eigenvalue weighted by Gasteiger charge is -2.16. The molecule has 0 saturated carbocycles. The Bertz CT molecular complexity index is 177. The molecule has 0 unspecified atom stereocenters. The van der Waals surface area contributed by atoms with Crippen molar-refractivity contribution in [1.29, 1.82) is 0 Å². The van der Waals surface area contributed by atoms with Crippen LogP contribution in [-0.4, -0.2) is 18.1 Å². The lowest BCUT2D eigenvalue weighted by atomic mass is 10.1. The maximum atomic E-state index is 11.7. The van der Waals surface area contributed by atoms with Crippen molar-refractivity contribution in [2.45, 2.75) is 39.4 Å². The average molecular weight is 197 g/mol. The maximum Gasteiger partial charge on any atom is 0.471 e. The Morgan fingerprint density at radius 3 is 2.08 bits per heavy atom. The van der Waals surface area contributed by atoms with Crippen molar-refractivity contribution in [1.82, 2.24) is 5.32 Å². The van der Waals surface area contributed by atoms with E-state index in [2.05, 4.69) is 0 Å². The molecule has 0 heterocycles. The zero-order valence-corrected chi connectivity index (χ0v) is 7.90. The quantitative estimate of drug-likeness (QED) is 0.737. The van der Waals surface area contributed by atoms with Gasteiger partial charge in [0.1, 0.15) is 0 Å². The van der Waals surface area contributed by atoms with Gasteiger partial charge < -0.3 is 5.32 Å². The van der Waals surface area contributed by atoms with Gasteiger partial charge in [-0.05, 0) is 19.3 Å². The Hall–Kier alpha value is -0.740.